The van der Waals surface area contributed by atoms with Crippen LogP contribution < -0.4 is 15.8 Å². The van der Waals surface area contributed by atoms with Crippen LogP contribution in [0.15, 0.2) is 24.3 Å². The summed E-state index contributed by atoms with van der Waals surface area (Å²) in [5.41, 5.74) is 6.26. The third-order valence-corrected chi connectivity index (χ3v) is 2.70. The quantitative estimate of drug-likeness (QED) is 0.701. The lowest BCUT2D eigenvalue weighted by Crippen LogP contribution is -2.38. The summed E-state index contributed by atoms with van der Waals surface area (Å²) < 4.78 is 10.5. The molecule has 106 valence electrons. The Morgan fingerprint density at radius 2 is 2.05 bits per heavy atom. The van der Waals surface area contributed by atoms with E-state index in [-0.39, 0.29) is 11.9 Å². The van der Waals surface area contributed by atoms with Crippen LogP contribution in [0.3, 0.4) is 0 Å². The van der Waals surface area contributed by atoms with Crippen molar-refractivity contribution < 1.29 is 14.3 Å². The molecule has 5 heteroatoms. The number of anilines is 1. The van der Waals surface area contributed by atoms with E-state index < -0.39 is 0 Å². The largest absolute Gasteiger partial charge is 0.493 e. The van der Waals surface area contributed by atoms with Crippen LogP contribution >= 0.6 is 0 Å². The van der Waals surface area contributed by atoms with Gasteiger partial charge in [-0.1, -0.05) is 6.92 Å². The number of carbonyl (C=O) groups excluding carboxylic acids is 1. The van der Waals surface area contributed by atoms with Gasteiger partial charge in [0.1, 0.15) is 5.75 Å². The van der Waals surface area contributed by atoms with Crippen molar-refractivity contribution in [2.24, 2.45) is 0 Å². The van der Waals surface area contributed by atoms with Gasteiger partial charge in [0, 0.05) is 12.8 Å². The highest BCUT2D eigenvalue weighted by Crippen LogP contribution is 2.13. The van der Waals surface area contributed by atoms with Gasteiger partial charge >= 0.3 is 0 Å². The van der Waals surface area contributed by atoms with Crippen LogP contribution in [0.5, 0.6) is 5.75 Å². The zero-order valence-corrected chi connectivity index (χ0v) is 11.5. The summed E-state index contributed by atoms with van der Waals surface area (Å²) in [5, 5.41) is 2.90. The molecule has 0 fully saturated rings. The molecule has 0 aromatic heterocycles. The fraction of sp³-hybridized carbons (Fsp3) is 0.500. The summed E-state index contributed by atoms with van der Waals surface area (Å²) in [4.78, 5) is 11.7. The Hall–Kier alpha value is -1.75. The van der Waals surface area contributed by atoms with Gasteiger partial charge in [-0.05, 0) is 30.7 Å². The molecule has 1 amide bonds. The molecule has 0 aliphatic heterocycles. The maximum absolute atomic E-state index is 11.7. The van der Waals surface area contributed by atoms with Crippen molar-refractivity contribution in [3.8, 4) is 5.75 Å². The molecule has 0 heterocycles. The smallest absolute Gasteiger partial charge is 0.223 e. The van der Waals surface area contributed by atoms with E-state index in [1.807, 2.05) is 6.92 Å². The zero-order valence-electron chi connectivity index (χ0n) is 11.5. The van der Waals surface area contributed by atoms with E-state index in [2.05, 4.69) is 5.32 Å². The lowest BCUT2D eigenvalue weighted by atomic mass is 10.2. The van der Waals surface area contributed by atoms with E-state index in [1.54, 1.807) is 31.4 Å². The van der Waals surface area contributed by atoms with E-state index in [1.165, 1.54) is 0 Å². The summed E-state index contributed by atoms with van der Waals surface area (Å²) in [6.45, 7) is 2.88. The van der Waals surface area contributed by atoms with Gasteiger partial charge in [0.25, 0.3) is 0 Å². The number of carbonyl (C=O) groups is 1. The van der Waals surface area contributed by atoms with Crippen molar-refractivity contribution >= 4 is 11.6 Å². The van der Waals surface area contributed by atoms with Crippen LogP contribution in [0.2, 0.25) is 0 Å². The highest BCUT2D eigenvalue weighted by Gasteiger charge is 2.09. The minimum atomic E-state index is -0.0284. The first-order valence-corrected chi connectivity index (χ1v) is 6.42. The van der Waals surface area contributed by atoms with Gasteiger partial charge in [0.15, 0.2) is 0 Å². The molecule has 1 aromatic rings. The van der Waals surface area contributed by atoms with E-state index in [9.17, 15) is 4.79 Å². The summed E-state index contributed by atoms with van der Waals surface area (Å²) in [6, 6.07) is 7.16. The van der Waals surface area contributed by atoms with Gasteiger partial charge in [0.2, 0.25) is 5.91 Å². The first-order valence-electron chi connectivity index (χ1n) is 6.42. The minimum absolute atomic E-state index is 0.0284. The van der Waals surface area contributed by atoms with Gasteiger partial charge in [-0.2, -0.15) is 0 Å². The molecular weight excluding hydrogens is 244 g/mol. The zero-order chi connectivity index (χ0) is 14.1. The molecule has 0 aliphatic rings. The number of ether oxygens (including phenoxy) is 2. The number of amides is 1. The van der Waals surface area contributed by atoms with Crippen LogP contribution in [-0.2, 0) is 9.53 Å². The Morgan fingerprint density at radius 1 is 1.37 bits per heavy atom. The van der Waals surface area contributed by atoms with Crippen molar-refractivity contribution in [2.75, 3.05) is 26.1 Å². The van der Waals surface area contributed by atoms with Crippen molar-refractivity contribution in [2.45, 2.75) is 25.8 Å². The number of hydrogen-bond donors (Lipinski definition) is 2. The topological polar surface area (TPSA) is 73.6 Å². The summed E-state index contributed by atoms with van der Waals surface area (Å²) in [6.07, 6.45) is 1.17. The average molecular weight is 266 g/mol. The second kappa shape index (κ2) is 8.37. The number of nitrogens with one attached hydrogen (secondary N) is 1. The van der Waals surface area contributed by atoms with Crippen LogP contribution in [-0.4, -0.2) is 32.3 Å². The Bertz CT molecular complexity index is 379. The van der Waals surface area contributed by atoms with Gasteiger partial charge in [-0.25, -0.2) is 0 Å². The van der Waals surface area contributed by atoms with Crippen molar-refractivity contribution in [3.05, 3.63) is 24.3 Å². The highest BCUT2D eigenvalue weighted by atomic mass is 16.5. The lowest BCUT2D eigenvalue weighted by Gasteiger charge is -2.15. The van der Waals surface area contributed by atoms with Crippen LogP contribution in [0.1, 0.15) is 19.8 Å². The van der Waals surface area contributed by atoms with Crippen molar-refractivity contribution in [1.29, 1.82) is 0 Å². The predicted octanol–water partition coefficient (Wildman–Crippen LogP) is 1.58. The molecule has 1 unspecified atom stereocenters. The first-order chi connectivity index (χ1) is 9.15. The number of nitrogen functional groups attached to an aromatic ring is 1. The van der Waals surface area contributed by atoms with E-state index >= 15 is 0 Å². The van der Waals surface area contributed by atoms with Gasteiger partial charge in [0.05, 0.1) is 25.7 Å². The summed E-state index contributed by atoms with van der Waals surface area (Å²) >= 11 is 0. The summed E-state index contributed by atoms with van der Waals surface area (Å²) in [5.74, 6) is 0.685. The first kappa shape index (κ1) is 15.3. The molecule has 0 saturated carbocycles. The van der Waals surface area contributed by atoms with E-state index in [0.717, 1.165) is 6.42 Å². The van der Waals surface area contributed by atoms with Gasteiger partial charge in [-0.15, -0.1) is 0 Å². The number of nitrogens with two attached hydrogens (primary N) is 1. The SMILES string of the molecule is CCC(COC)NC(=O)CCOc1ccc(N)cc1. The van der Waals surface area contributed by atoms with Gasteiger partial charge in [-0.3, -0.25) is 4.79 Å². The van der Waals surface area contributed by atoms with E-state index in [4.69, 9.17) is 15.2 Å². The number of benzene rings is 1. The molecule has 19 heavy (non-hydrogen) atoms. The fourth-order valence-electron chi connectivity index (χ4n) is 1.59. The average Bonchev–Trinajstić information content (AvgIpc) is 2.40. The molecule has 0 radical (unpaired) electrons. The number of rotatable bonds is 8. The molecule has 0 aliphatic carbocycles. The molecule has 1 atom stereocenters. The molecule has 1 aromatic carbocycles. The second-order valence-corrected chi connectivity index (χ2v) is 4.30. The van der Waals surface area contributed by atoms with E-state index in [0.29, 0.717) is 31.1 Å². The number of methoxy groups -OCH3 is 1. The predicted molar refractivity (Wildman–Crippen MR) is 75.1 cm³/mol. The normalized spacial score (nSPS) is 11.9. The molecule has 3 N–H and O–H groups in total. The van der Waals surface area contributed by atoms with Crippen LogP contribution in [0, 0.1) is 0 Å². The van der Waals surface area contributed by atoms with Crippen LogP contribution in [0.4, 0.5) is 5.69 Å². The van der Waals surface area contributed by atoms with Gasteiger partial charge < -0.3 is 20.5 Å². The maximum atomic E-state index is 11.7. The molecule has 0 saturated heterocycles. The third-order valence-electron chi connectivity index (χ3n) is 2.70. The third kappa shape index (κ3) is 6.10. The van der Waals surface area contributed by atoms with Crippen molar-refractivity contribution in [1.82, 2.24) is 5.32 Å². The summed E-state index contributed by atoms with van der Waals surface area (Å²) in [7, 11) is 1.62. The molecular formula is C14H22N2O3. The van der Waals surface area contributed by atoms with Crippen molar-refractivity contribution in [3.63, 3.8) is 0 Å². The minimum Gasteiger partial charge on any atom is -0.493 e. The second-order valence-electron chi connectivity index (χ2n) is 4.30. The fourth-order valence-corrected chi connectivity index (χ4v) is 1.59. The number of hydrogen-bond acceptors (Lipinski definition) is 4. The standard InChI is InChI=1S/C14H22N2O3/c1-3-12(10-18-2)16-14(17)8-9-19-13-6-4-11(15)5-7-13/h4-7,12H,3,8-10,15H2,1-2H3,(H,16,17). The molecule has 0 spiro atoms. The highest BCUT2D eigenvalue weighted by molar-refractivity contribution is 5.76. The Balaban J connectivity index is 2.24. The Labute approximate surface area is 114 Å². The monoisotopic (exact) mass is 266 g/mol. The lowest BCUT2D eigenvalue weighted by molar-refractivity contribution is -0.122. The Kier molecular flexibility index (Phi) is 6.74. The molecule has 0 bridgehead atoms. The van der Waals surface area contributed by atoms with Crippen LogP contribution in [0.25, 0.3) is 0 Å². The molecule has 5 nitrogen and oxygen atoms in total. The molecule has 1 rings (SSSR count). The maximum Gasteiger partial charge on any atom is 0.223 e. The Morgan fingerprint density at radius 3 is 2.63 bits per heavy atom.